The molecule has 0 unspecified atom stereocenters. The van der Waals surface area contributed by atoms with Crippen LogP contribution in [0.25, 0.3) is 11.0 Å². The Morgan fingerprint density at radius 2 is 2.09 bits per heavy atom. The second kappa shape index (κ2) is 5.55. The first-order valence-corrected chi connectivity index (χ1v) is 6.99. The van der Waals surface area contributed by atoms with Gasteiger partial charge in [-0.3, -0.25) is 4.79 Å². The van der Waals surface area contributed by atoms with Crippen molar-refractivity contribution >= 4 is 22.6 Å². The van der Waals surface area contributed by atoms with Crippen molar-refractivity contribution in [2.75, 3.05) is 5.32 Å². The Morgan fingerprint density at radius 3 is 2.82 bits per heavy atom. The first kappa shape index (κ1) is 14.2. The highest BCUT2D eigenvalue weighted by Gasteiger charge is 2.11. The molecule has 1 heterocycles. The molecular formula is C16H15FN4O. The van der Waals surface area contributed by atoms with E-state index in [-0.39, 0.29) is 11.7 Å². The number of aromatic nitrogens is 3. The van der Waals surface area contributed by atoms with Gasteiger partial charge in [0.15, 0.2) is 0 Å². The standard InChI is InChI=1S/C16H15FN4O/c1-3-21-15-7-4-11(9-14(15)19-20-21)16(22)18-13-6-5-12(17)8-10(13)2/h4-9H,3H2,1-2H3,(H,18,22). The third kappa shape index (κ3) is 2.55. The molecule has 6 heteroatoms. The summed E-state index contributed by atoms with van der Waals surface area (Å²) in [6.45, 7) is 4.44. The number of nitrogens with one attached hydrogen (secondary N) is 1. The molecule has 1 amide bonds. The van der Waals surface area contributed by atoms with Gasteiger partial charge in [0.05, 0.1) is 5.52 Å². The number of anilines is 1. The van der Waals surface area contributed by atoms with Crippen molar-refractivity contribution in [3.8, 4) is 0 Å². The van der Waals surface area contributed by atoms with Crippen molar-refractivity contribution in [1.29, 1.82) is 0 Å². The number of amides is 1. The lowest BCUT2D eigenvalue weighted by molar-refractivity contribution is 0.102. The molecule has 0 radical (unpaired) electrons. The third-order valence-electron chi connectivity index (χ3n) is 3.51. The van der Waals surface area contributed by atoms with Gasteiger partial charge >= 0.3 is 0 Å². The summed E-state index contributed by atoms with van der Waals surface area (Å²) in [5.74, 6) is -0.587. The van der Waals surface area contributed by atoms with Crippen molar-refractivity contribution in [3.63, 3.8) is 0 Å². The van der Waals surface area contributed by atoms with E-state index in [1.165, 1.54) is 12.1 Å². The summed E-state index contributed by atoms with van der Waals surface area (Å²) in [4.78, 5) is 12.3. The number of hydrogen-bond donors (Lipinski definition) is 1. The molecule has 0 saturated carbocycles. The molecule has 0 aliphatic rings. The van der Waals surface area contributed by atoms with E-state index in [9.17, 15) is 9.18 Å². The highest BCUT2D eigenvalue weighted by molar-refractivity contribution is 6.06. The average Bonchev–Trinajstić information content (AvgIpc) is 2.92. The zero-order chi connectivity index (χ0) is 15.7. The molecule has 1 N–H and O–H groups in total. The number of halogens is 1. The predicted octanol–water partition coefficient (Wildman–Crippen LogP) is 3.15. The zero-order valence-electron chi connectivity index (χ0n) is 12.3. The van der Waals surface area contributed by atoms with E-state index < -0.39 is 0 Å². The Morgan fingerprint density at radius 1 is 1.27 bits per heavy atom. The van der Waals surface area contributed by atoms with Crippen molar-refractivity contribution in [3.05, 3.63) is 53.3 Å². The fourth-order valence-electron chi connectivity index (χ4n) is 2.31. The maximum absolute atomic E-state index is 13.1. The number of hydrogen-bond acceptors (Lipinski definition) is 3. The van der Waals surface area contributed by atoms with Gasteiger partial charge in [-0.2, -0.15) is 0 Å². The van der Waals surface area contributed by atoms with Gasteiger partial charge < -0.3 is 5.32 Å². The maximum atomic E-state index is 13.1. The Bertz CT molecular complexity index is 856. The maximum Gasteiger partial charge on any atom is 0.255 e. The zero-order valence-corrected chi connectivity index (χ0v) is 12.3. The van der Waals surface area contributed by atoms with E-state index in [0.717, 1.165) is 12.1 Å². The summed E-state index contributed by atoms with van der Waals surface area (Å²) in [7, 11) is 0. The summed E-state index contributed by atoms with van der Waals surface area (Å²) in [6, 6.07) is 9.50. The van der Waals surface area contributed by atoms with Crippen LogP contribution in [-0.4, -0.2) is 20.9 Å². The van der Waals surface area contributed by atoms with Crippen LogP contribution in [0.4, 0.5) is 10.1 Å². The topological polar surface area (TPSA) is 59.8 Å². The van der Waals surface area contributed by atoms with Gasteiger partial charge in [-0.1, -0.05) is 5.21 Å². The fraction of sp³-hybridized carbons (Fsp3) is 0.188. The molecule has 3 rings (SSSR count). The van der Waals surface area contributed by atoms with Gasteiger partial charge in [-0.15, -0.1) is 5.10 Å². The number of aryl methyl sites for hydroxylation is 2. The van der Waals surface area contributed by atoms with Crippen molar-refractivity contribution < 1.29 is 9.18 Å². The summed E-state index contributed by atoms with van der Waals surface area (Å²) in [5.41, 5.74) is 3.30. The third-order valence-corrected chi connectivity index (χ3v) is 3.51. The summed E-state index contributed by atoms with van der Waals surface area (Å²) in [5, 5.41) is 10.8. The van der Waals surface area contributed by atoms with Crippen LogP contribution in [0.15, 0.2) is 36.4 Å². The van der Waals surface area contributed by atoms with Gasteiger partial charge in [0.25, 0.3) is 5.91 Å². The van der Waals surface area contributed by atoms with Crippen molar-refractivity contribution in [2.24, 2.45) is 0 Å². The smallest absolute Gasteiger partial charge is 0.255 e. The monoisotopic (exact) mass is 298 g/mol. The molecule has 0 spiro atoms. The second-order valence-electron chi connectivity index (χ2n) is 5.02. The van der Waals surface area contributed by atoms with E-state index in [4.69, 9.17) is 0 Å². The molecule has 0 aliphatic carbocycles. The van der Waals surface area contributed by atoms with Crippen LogP contribution >= 0.6 is 0 Å². The van der Waals surface area contributed by atoms with Crippen LogP contribution in [0.5, 0.6) is 0 Å². The van der Waals surface area contributed by atoms with Crippen LogP contribution in [0.2, 0.25) is 0 Å². The minimum absolute atomic E-state index is 0.261. The molecular weight excluding hydrogens is 283 g/mol. The minimum Gasteiger partial charge on any atom is -0.322 e. The second-order valence-corrected chi connectivity index (χ2v) is 5.02. The Labute approximate surface area is 126 Å². The highest BCUT2D eigenvalue weighted by atomic mass is 19.1. The Kier molecular flexibility index (Phi) is 3.58. The quantitative estimate of drug-likeness (QED) is 0.808. The number of nitrogens with zero attached hydrogens (tertiary/aromatic N) is 3. The van der Waals surface area contributed by atoms with Gasteiger partial charge in [0.2, 0.25) is 0 Å². The van der Waals surface area contributed by atoms with E-state index in [1.807, 2.05) is 13.0 Å². The average molecular weight is 298 g/mol. The Hall–Kier alpha value is -2.76. The number of carbonyl (C=O) groups is 1. The predicted molar refractivity (Wildman–Crippen MR) is 82.3 cm³/mol. The molecule has 5 nitrogen and oxygen atoms in total. The normalized spacial score (nSPS) is 10.9. The van der Waals surface area contributed by atoms with Gasteiger partial charge in [-0.05, 0) is 55.8 Å². The van der Waals surface area contributed by atoms with Gasteiger partial charge in [0, 0.05) is 17.8 Å². The summed E-state index contributed by atoms with van der Waals surface area (Å²) < 4.78 is 14.9. The number of carbonyl (C=O) groups excluding carboxylic acids is 1. The highest BCUT2D eigenvalue weighted by Crippen LogP contribution is 2.18. The van der Waals surface area contributed by atoms with Crippen LogP contribution in [0.3, 0.4) is 0 Å². The minimum atomic E-state index is -0.326. The van der Waals surface area contributed by atoms with Gasteiger partial charge in [0.1, 0.15) is 11.3 Å². The Balaban J connectivity index is 1.88. The number of fused-ring (bicyclic) bond motifs is 1. The molecule has 1 aromatic heterocycles. The molecule has 112 valence electrons. The van der Waals surface area contributed by atoms with Gasteiger partial charge in [-0.25, -0.2) is 9.07 Å². The number of rotatable bonds is 3. The first-order chi connectivity index (χ1) is 10.6. The lowest BCUT2D eigenvalue weighted by Gasteiger charge is -2.08. The van der Waals surface area contributed by atoms with Crippen LogP contribution < -0.4 is 5.32 Å². The summed E-state index contributed by atoms with van der Waals surface area (Å²) >= 11 is 0. The lowest BCUT2D eigenvalue weighted by Crippen LogP contribution is -2.12. The van der Waals surface area contributed by atoms with E-state index in [0.29, 0.717) is 22.3 Å². The molecule has 0 saturated heterocycles. The molecule has 22 heavy (non-hydrogen) atoms. The largest absolute Gasteiger partial charge is 0.322 e. The first-order valence-electron chi connectivity index (χ1n) is 6.99. The number of benzene rings is 2. The molecule has 0 fully saturated rings. The molecule has 0 bridgehead atoms. The molecule has 0 aliphatic heterocycles. The van der Waals surface area contributed by atoms with Crippen molar-refractivity contribution in [1.82, 2.24) is 15.0 Å². The fourth-order valence-corrected chi connectivity index (χ4v) is 2.31. The molecule has 0 atom stereocenters. The molecule has 3 aromatic rings. The lowest BCUT2D eigenvalue weighted by atomic mass is 10.1. The van der Waals surface area contributed by atoms with Crippen LogP contribution in [0.1, 0.15) is 22.8 Å². The van der Waals surface area contributed by atoms with E-state index in [2.05, 4.69) is 15.6 Å². The van der Waals surface area contributed by atoms with Crippen LogP contribution in [0, 0.1) is 12.7 Å². The SMILES string of the molecule is CCn1nnc2cc(C(=O)Nc3ccc(F)cc3C)ccc21. The molecule has 2 aromatic carbocycles. The van der Waals surface area contributed by atoms with E-state index in [1.54, 1.807) is 29.8 Å². The van der Waals surface area contributed by atoms with E-state index >= 15 is 0 Å². The van der Waals surface area contributed by atoms with Crippen molar-refractivity contribution in [2.45, 2.75) is 20.4 Å². The summed E-state index contributed by atoms with van der Waals surface area (Å²) in [6.07, 6.45) is 0. The van der Waals surface area contributed by atoms with Crippen LogP contribution in [-0.2, 0) is 6.54 Å².